The van der Waals surface area contributed by atoms with Crippen LogP contribution in [0.5, 0.6) is 0 Å². The maximum atomic E-state index is 13.3. The van der Waals surface area contributed by atoms with Gasteiger partial charge in [0.15, 0.2) is 5.69 Å². The number of amides is 2. The highest BCUT2D eigenvalue weighted by atomic mass is 35.5. The number of carbonyl (C=O) groups excluding carboxylic acids is 2. The van der Waals surface area contributed by atoms with Crippen LogP contribution in [0, 0.1) is 11.2 Å². The van der Waals surface area contributed by atoms with E-state index in [9.17, 15) is 14.0 Å². The molecule has 2 amide bonds. The molecule has 0 fully saturated rings. The Labute approximate surface area is 190 Å². The largest absolute Gasteiger partial charge is 0.395 e. The lowest BCUT2D eigenvalue weighted by molar-refractivity contribution is -0.125. The van der Waals surface area contributed by atoms with E-state index in [2.05, 4.69) is 15.7 Å². The van der Waals surface area contributed by atoms with Crippen molar-refractivity contribution in [2.75, 3.05) is 13.2 Å². The van der Waals surface area contributed by atoms with E-state index >= 15 is 0 Å². The highest BCUT2D eigenvalue weighted by Gasteiger charge is 2.34. The summed E-state index contributed by atoms with van der Waals surface area (Å²) in [6, 6.07) is 10.3. The third-order valence-corrected chi connectivity index (χ3v) is 5.22. The Hall–Kier alpha value is -2.97. The van der Waals surface area contributed by atoms with E-state index in [1.807, 2.05) is 20.8 Å². The number of hydrogen-bond donors (Lipinski definition) is 3. The highest BCUT2D eigenvalue weighted by molar-refractivity contribution is 6.31. The first-order chi connectivity index (χ1) is 15.1. The quantitative estimate of drug-likeness (QED) is 0.504. The molecule has 32 heavy (non-hydrogen) atoms. The van der Waals surface area contributed by atoms with Crippen molar-refractivity contribution < 1.29 is 19.1 Å². The second-order valence-electron chi connectivity index (χ2n) is 8.58. The Morgan fingerprint density at radius 1 is 1.19 bits per heavy atom. The summed E-state index contributed by atoms with van der Waals surface area (Å²) >= 11 is 6.17. The van der Waals surface area contributed by atoms with E-state index in [4.69, 9.17) is 16.7 Å². The van der Waals surface area contributed by atoms with Crippen LogP contribution >= 0.6 is 11.6 Å². The van der Waals surface area contributed by atoms with Gasteiger partial charge in [-0.05, 0) is 41.3 Å². The van der Waals surface area contributed by atoms with Gasteiger partial charge in [0, 0.05) is 17.0 Å². The fourth-order valence-corrected chi connectivity index (χ4v) is 3.53. The van der Waals surface area contributed by atoms with Crippen molar-refractivity contribution in [3.63, 3.8) is 0 Å². The smallest absolute Gasteiger partial charge is 0.273 e. The minimum absolute atomic E-state index is 0.0894. The Morgan fingerprint density at radius 3 is 2.50 bits per heavy atom. The maximum Gasteiger partial charge on any atom is 0.273 e. The molecular formula is C23H26ClFN4O3. The molecule has 3 rings (SSSR count). The second kappa shape index (κ2) is 9.67. The molecule has 0 saturated carbocycles. The molecule has 2 aromatic carbocycles. The lowest BCUT2D eigenvalue weighted by Crippen LogP contribution is -2.54. The first-order valence-corrected chi connectivity index (χ1v) is 10.6. The van der Waals surface area contributed by atoms with Gasteiger partial charge in [-0.25, -0.2) is 4.39 Å². The van der Waals surface area contributed by atoms with E-state index < -0.39 is 23.3 Å². The molecule has 0 aliphatic heterocycles. The molecule has 170 valence electrons. The van der Waals surface area contributed by atoms with Gasteiger partial charge in [-0.2, -0.15) is 5.10 Å². The van der Waals surface area contributed by atoms with Gasteiger partial charge in [0.1, 0.15) is 11.9 Å². The third-order valence-electron chi connectivity index (χ3n) is 4.99. The fraction of sp³-hybridized carbons (Fsp3) is 0.348. The van der Waals surface area contributed by atoms with Crippen molar-refractivity contribution in [1.82, 2.24) is 20.4 Å². The van der Waals surface area contributed by atoms with Crippen LogP contribution in [0.25, 0.3) is 10.9 Å². The van der Waals surface area contributed by atoms with E-state index in [1.165, 1.54) is 12.1 Å². The summed E-state index contributed by atoms with van der Waals surface area (Å²) in [6.45, 7) is 5.71. The molecule has 0 aliphatic rings. The number of aliphatic hydroxyl groups excluding tert-OH is 1. The number of carbonyl (C=O) groups is 2. The van der Waals surface area contributed by atoms with Crippen LogP contribution in [0.15, 0.2) is 42.5 Å². The van der Waals surface area contributed by atoms with E-state index in [0.717, 1.165) is 5.56 Å². The predicted octanol–water partition coefficient (Wildman–Crippen LogP) is 3.13. The molecule has 0 bridgehead atoms. The summed E-state index contributed by atoms with van der Waals surface area (Å²) in [5, 5.41) is 19.8. The Balaban J connectivity index is 1.96. The number of rotatable bonds is 7. The minimum Gasteiger partial charge on any atom is -0.395 e. The molecule has 3 N–H and O–H groups in total. The molecule has 0 aliphatic carbocycles. The molecule has 0 saturated heterocycles. The lowest BCUT2D eigenvalue weighted by atomic mass is 9.86. The average Bonchev–Trinajstić information content (AvgIpc) is 3.08. The van der Waals surface area contributed by atoms with Crippen molar-refractivity contribution in [2.45, 2.75) is 33.4 Å². The molecular weight excluding hydrogens is 435 g/mol. The van der Waals surface area contributed by atoms with E-state index in [1.54, 1.807) is 35.0 Å². The van der Waals surface area contributed by atoms with Crippen LogP contribution in [-0.4, -0.2) is 45.9 Å². The number of aromatic nitrogens is 2. The average molecular weight is 461 g/mol. The van der Waals surface area contributed by atoms with Crippen LogP contribution in [0.4, 0.5) is 4.39 Å². The second-order valence-corrected chi connectivity index (χ2v) is 9.02. The van der Waals surface area contributed by atoms with Crippen LogP contribution in [0.2, 0.25) is 5.02 Å². The van der Waals surface area contributed by atoms with Gasteiger partial charge in [-0.1, -0.05) is 44.5 Å². The van der Waals surface area contributed by atoms with Gasteiger partial charge in [-0.3, -0.25) is 14.3 Å². The molecule has 9 heteroatoms. The standard InChI is InChI=1S/C23H26ClFN4O3/c1-23(2,3)20(22(32)26-10-11-30)27-21(31)19-17-12-15(24)6-9-18(17)29(28-19)13-14-4-7-16(25)8-5-14/h4-9,12,20,30H,10-11,13H2,1-3H3,(H,26,32)(H,27,31)/t20-/m1/s1. The number of hydrogen-bond acceptors (Lipinski definition) is 4. The SMILES string of the molecule is CC(C)(C)[C@H](NC(=O)c1nn(Cc2ccc(F)cc2)c2ccc(Cl)cc12)C(=O)NCCO. The van der Waals surface area contributed by atoms with Gasteiger partial charge < -0.3 is 15.7 Å². The number of nitrogens with one attached hydrogen (secondary N) is 2. The molecule has 3 aromatic rings. The highest BCUT2D eigenvalue weighted by Crippen LogP contribution is 2.25. The molecule has 1 heterocycles. The van der Waals surface area contributed by atoms with Crippen molar-refractivity contribution >= 4 is 34.3 Å². The van der Waals surface area contributed by atoms with Crippen LogP contribution < -0.4 is 10.6 Å². The van der Waals surface area contributed by atoms with Crippen molar-refractivity contribution in [3.8, 4) is 0 Å². The van der Waals surface area contributed by atoms with Gasteiger partial charge in [-0.15, -0.1) is 0 Å². The molecule has 0 spiro atoms. The summed E-state index contributed by atoms with van der Waals surface area (Å²) in [5.74, 6) is -1.25. The van der Waals surface area contributed by atoms with Gasteiger partial charge in [0.25, 0.3) is 5.91 Å². The minimum atomic E-state index is -0.849. The summed E-state index contributed by atoms with van der Waals surface area (Å²) in [4.78, 5) is 25.8. The monoisotopic (exact) mass is 460 g/mol. The number of nitrogens with zero attached hydrogens (tertiary/aromatic N) is 2. The van der Waals surface area contributed by atoms with Gasteiger partial charge >= 0.3 is 0 Å². The zero-order chi connectivity index (χ0) is 23.5. The number of halogens is 2. The number of aliphatic hydroxyl groups is 1. The van der Waals surface area contributed by atoms with E-state index in [-0.39, 0.29) is 24.7 Å². The van der Waals surface area contributed by atoms with Crippen LogP contribution in [-0.2, 0) is 11.3 Å². The number of fused-ring (bicyclic) bond motifs is 1. The van der Waals surface area contributed by atoms with Gasteiger partial charge in [0.2, 0.25) is 5.91 Å². The predicted molar refractivity (Wildman–Crippen MR) is 121 cm³/mol. The summed E-state index contributed by atoms with van der Waals surface area (Å²) in [7, 11) is 0. The Bertz CT molecular complexity index is 1120. The Morgan fingerprint density at radius 2 is 1.88 bits per heavy atom. The van der Waals surface area contributed by atoms with Crippen molar-refractivity contribution in [2.24, 2.45) is 5.41 Å². The summed E-state index contributed by atoms with van der Waals surface area (Å²) < 4.78 is 14.9. The lowest BCUT2D eigenvalue weighted by Gasteiger charge is -2.30. The van der Waals surface area contributed by atoms with Crippen LogP contribution in [0.1, 0.15) is 36.8 Å². The zero-order valence-corrected chi connectivity index (χ0v) is 18.9. The van der Waals surface area contributed by atoms with Crippen molar-refractivity contribution in [1.29, 1.82) is 0 Å². The first-order valence-electron chi connectivity index (χ1n) is 10.2. The topological polar surface area (TPSA) is 96.2 Å². The van der Waals surface area contributed by atoms with Crippen LogP contribution in [0.3, 0.4) is 0 Å². The maximum absolute atomic E-state index is 13.3. The normalized spacial score (nSPS) is 12.6. The molecule has 0 radical (unpaired) electrons. The Kier molecular flexibility index (Phi) is 7.16. The van der Waals surface area contributed by atoms with E-state index in [0.29, 0.717) is 22.5 Å². The summed E-state index contributed by atoms with van der Waals surface area (Å²) in [6.07, 6.45) is 0. The first kappa shape index (κ1) is 23.7. The molecule has 7 nitrogen and oxygen atoms in total. The molecule has 0 unspecified atom stereocenters. The third kappa shape index (κ3) is 5.44. The summed E-state index contributed by atoms with van der Waals surface area (Å²) in [5.41, 5.74) is 1.04. The van der Waals surface area contributed by atoms with Crippen molar-refractivity contribution in [3.05, 3.63) is 64.6 Å². The van der Waals surface area contributed by atoms with Gasteiger partial charge in [0.05, 0.1) is 18.7 Å². The zero-order valence-electron chi connectivity index (χ0n) is 18.2. The number of benzene rings is 2. The fourth-order valence-electron chi connectivity index (χ4n) is 3.36. The molecule has 1 atom stereocenters. The molecule has 1 aromatic heterocycles.